The maximum Gasteiger partial charge on any atom is 0.267 e. The molecule has 0 spiro atoms. The van der Waals surface area contributed by atoms with Crippen molar-refractivity contribution in [3.8, 4) is 0 Å². The van der Waals surface area contributed by atoms with Crippen LogP contribution in [0.5, 0.6) is 0 Å². The van der Waals surface area contributed by atoms with Crippen LogP contribution in [-0.2, 0) is 9.63 Å². The van der Waals surface area contributed by atoms with Gasteiger partial charge in [-0.05, 0) is 36.1 Å². The molecule has 0 aliphatic carbocycles. The highest BCUT2D eigenvalue weighted by molar-refractivity contribution is 5.93. The number of amides is 1. The molecule has 0 fully saturated rings. The van der Waals surface area contributed by atoms with Gasteiger partial charge in [0.1, 0.15) is 0 Å². The lowest BCUT2D eigenvalue weighted by Crippen LogP contribution is -2.26. The SMILES string of the molecule is CC(C)c1ccc(/C=N\O[C@H](C)C(=O)Nc2ccccc2)cc1. The van der Waals surface area contributed by atoms with Crippen molar-refractivity contribution >= 4 is 17.8 Å². The average molecular weight is 310 g/mol. The first kappa shape index (κ1) is 16.7. The Morgan fingerprint density at radius 3 is 2.30 bits per heavy atom. The third-order valence-corrected chi connectivity index (χ3v) is 3.43. The Bertz CT molecular complexity index is 649. The molecule has 2 aromatic rings. The second kappa shape index (κ2) is 8.13. The molecule has 1 atom stereocenters. The van der Waals surface area contributed by atoms with Gasteiger partial charge in [0.15, 0.2) is 0 Å². The molecular weight excluding hydrogens is 288 g/mol. The first-order chi connectivity index (χ1) is 11.1. The summed E-state index contributed by atoms with van der Waals surface area (Å²) < 4.78 is 0. The zero-order chi connectivity index (χ0) is 16.7. The fourth-order valence-corrected chi connectivity index (χ4v) is 1.96. The van der Waals surface area contributed by atoms with E-state index in [9.17, 15) is 4.79 Å². The average Bonchev–Trinajstić information content (AvgIpc) is 2.56. The zero-order valence-corrected chi connectivity index (χ0v) is 13.7. The summed E-state index contributed by atoms with van der Waals surface area (Å²) in [6.45, 7) is 5.97. The summed E-state index contributed by atoms with van der Waals surface area (Å²) in [5, 5.41) is 6.67. The number of oxime groups is 1. The number of carbonyl (C=O) groups is 1. The van der Waals surface area contributed by atoms with Gasteiger partial charge < -0.3 is 10.2 Å². The van der Waals surface area contributed by atoms with Gasteiger partial charge in [0.2, 0.25) is 6.10 Å². The molecule has 0 radical (unpaired) electrons. The Labute approximate surface area is 137 Å². The monoisotopic (exact) mass is 310 g/mol. The third-order valence-electron chi connectivity index (χ3n) is 3.43. The van der Waals surface area contributed by atoms with Crippen LogP contribution in [0.1, 0.15) is 37.8 Å². The first-order valence-electron chi connectivity index (χ1n) is 7.71. The predicted molar refractivity (Wildman–Crippen MR) is 93.7 cm³/mol. The number of nitrogens with zero attached hydrogens (tertiary/aromatic N) is 1. The Morgan fingerprint density at radius 1 is 1.04 bits per heavy atom. The summed E-state index contributed by atoms with van der Waals surface area (Å²) in [5.41, 5.74) is 2.95. The van der Waals surface area contributed by atoms with E-state index in [2.05, 4.69) is 36.5 Å². The molecule has 2 aromatic carbocycles. The van der Waals surface area contributed by atoms with Crippen molar-refractivity contribution in [1.29, 1.82) is 0 Å². The van der Waals surface area contributed by atoms with Gasteiger partial charge in [-0.3, -0.25) is 4.79 Å². The van der Waals surface area contributed by atoms with Gasteiger partial charge in [0, 0.05) is 5.69 Å². The van der Waals surface area contributed by atoms with E-state index < -0.39 is 6.10 Å². The molecule has 0 aromatic heterocycles. The van der Waals surface area contributed by atoms with Crippen molar-refractivity contribution in [1.82, 2.24) is 0 Å². The highest BCUT2D eigenvalue weighted by Gasteiger charge is 2.13. The quantitative estimate of drug-likeness (QED) is 0.642. The van der Waals surface area contributed by atoms with E-state index in [4.69, 9.17) is 4.84 Å². The van der Waals surface area contributed by atoms with Crippen molar-refractivity contribution in [2.45, 2.75) is 32.8 Å². The highest BCUT2D eigenvalue weighted by Crippen LogP contribution is 2.14. The lowest BCUT2D eigenvalue weighted by molar-refractivity contribution is -0.126. The summed E-state index contributed by atoms with van der Waals surface area (Å²) in [6.07, 6.45) is 0.942. The molecule has 1 amide bonds. The van der Waals surface area contributed by atoms with Crippen molar-refractivity contribution in [3.05, 3.63) is 65.7 Å². The highest BCUT2D eigenvalue weighted by atomic mass is 16.6. The van der Waals surface area contributed by atoms with Gasteiger partial charge in [-0.15, -0.1) is 0 Å². The van der Waals surface area contributed by atoms with Gasteiger partial charge in [-0.2, -0.15) is 0 Å². The van der Waals surface area contributed by atoms with E-state index >= 15 is 0 Å². The summed E-state index contributed by atoms with van der Waals surface area (Å²) in [7, 11) is 0. The number of hydrogen-bond acceptors (Lipinski definition) is 3. The standard InChI is InChI=1S/C19H22N2O2/c1-14(2)17-11-9-16(10-12-17)13-20-23-15(3)19(22)21-18-7-5-4-6-8-18/h4-15H,1-3H3,(H,21,22)/b20-13-/t15-/m1/s1. The van der Waals surface area contributed by atoms with Crippen LogP contribution in [-0.4, -0.2) is 18.2 Å². The minimum atomic E-state index is -0.665. The zero-order valence-electron chi connectivity index (χ0n) is 13.7. The molecule has 4 nitrogen and oxygen atoms in total. The smallest absolute Gasteiger partial charge is 0.267 e. The molecule has 0 aliphatic rings. The van der Waals surface area contributed by atoms with Crippen molar-refractivity contribution in [2.75, 3.05) is 5.32 Å². The van der Waals surface area contributed by atoms with Crippen molar-refractivity contribution in [2.24, 2.45) is 5.16 Å². The molecule has 1 N–H and O–H groups in total. The van der Waals surface area contributed by atoms with Crippen molar-refractivity contribution in [3.63, 3.8) is 0 Å². The van der Waals surface area contributed by atoms with E-state index in [-0.39, 0.29) is 5.91 Å². The predicted octanol–water partition coefficient (Wildman–Crippen LogP) is 4.19. The third kappa shape index (κ3) is 5.25. The van der Waals surface area contributed by atoms with Crippen LogP contribution < -0.4 is 5.32 Å². The Morgan fingerprint density at radius 2 is 1.70 bits per heavy atom. The van der Waals surface area contributed by atoms with Crippen LogP contribution >= 0.6 is 0 Å². The van der Waals surface area contributed by atoms with Gasteiger partial charge in [0.05, 0.1) is 6.21 Å². The molecule has 2 rings (SSSR count). The van der Waals surface area contributed by atoms with E-state index in [1.807, 2.05) is 42.5 Å². The Balaban J connectivity index is 1.85. The van der Waals surface area contributed by atoms with E-state index in [0.717, 1.165) is 11.3 Å². The first-order valence-corrected chi connectivity index (χ1v) is 7.71. The maximum absolute atomic E-state index is 12.0. The van der Waals surface area contributed by atoms with Crippen LogP contribution in [0.4, 0.5) is 5.69 Å². The van der Waals surface area contributed by atoms with Crippen LogP contribution in [0.2, 0.25) is 0 Å². The van der Waals surface area contributed by atoms with Gasteiger partial charge in [-0.25, -0.2) is 0 Å². The van der Waals surface area contributed by atoms with Gasteiger partial charge in [-0.1, -0.05) is 61.5 Å². The number of benzene rings is 2. The molecule has 0 aliphatic heterocycles. The molecule has 0 saturated carbocycles. The molecule has 0 bridgehead atoms. The number of para-hydroxylation sites is 1. The Kier molecular flexibility index (Phi) is 5.92. The molecule has 23 heavy (non-hydrogen) atoms. The van der Waals surface area contributed by atoms with Gasteiger partial charge in [0.25, 0.3) is 5.91 Å². The molecule has 0 heterocycles. The van der Waals surface area contributed by atoms with Crippen LogP contribution in [0.3, 0.4) is 0 Å². The summed E-state index contributed by atoms with van der Waals surface area (Å²) in [6, 6.07) is 17.4. The van der Waals surface area contributed by atoms with E-state index in [1.165, 1.54) is 5.56 Å². The van der Waals surface area contributed by atoms with E-state index in [1.54, 1.807) is 13.1 Å². The fraction of sp³-hybridized carbons (Fsp3) is 0.263. The summed E-state index contributed by atoms with van der Waals surface area (Å²) in [4.78, 5) is 17.2. The molecule has 0 unspecified atom stereocenters. The molecule has 0 saturated heterocycles. The molecular formula is C19H22N2O2. The maximum atomic E-state index is 12.0. The summed E-state index contributed by atoms with van der Waals surface area (Å²) >= 11 is 0. The van der Waals surface area contributed by atoms with Crippen LogP contribution in [0.15, 0.2) is 59.8 Å². The fourth-order valence-electron chi connectivity index (χ4n) is 1.96. The second-order valence-corrected chi connectivity index (χ2v) is 5.66. The largest absolute Gasteiger partial charge is 0.383 e. The normalized spacial score (nSPS) is 12.3. The van der Waals surface area contributed by atoms with Crippen LogP contribution in [0, 0.1) is 0 Å². The Hall–Kier alpha value is -2.62. The molecule has 4 heteroatoms. The minimum Gasteiger partial charge on any atom is -0.383 e. The van der Waals surface area contributed by atoms with E-state index in [0.29, 0.717) is 5.92 Å². The number of rotatable bonds is 6. The number of anilines is 1. The lowest BCUT2D eigenvalue weighted by Gasteiger charge is -2.10. The number of nitrogens with one attached hydrogen (secondary N) is 1. The lowest BCUT2D eigenvalue weighted by atomic mass is 10.0. The minimum absolute atomic E-state index is 0.233. The number of hydrogen-bond donors (Lipinski definition) is 1. The van der Waals surface area contributed by atoms with Crippen molar-refractivity contribution < 1.29 is 9.63 Å². The molecule has 120 valence electrons. The second-order valence-electron chi connectivity index (χ2n) is 5.66. The topological polar surface area (TPSA) is 50.7 Å². The van der Waals surface area contributed by atoms with Crippen LogP contribution in [0.25, 0.3) is 0 Å². The van der Waals surface area contributed by atoms with Gasteiger partial charge >= 0.3 is 0 Å². The number of carbonyl (C=O) groups excluding carboxylic acids is 1. The summed E-state index contributed by atoms with van der Waals surface area (Å²) in [5.74, 6) is 0.266.